The summed E-state index contributed by atoms with van der Waals surface area (Å²) >= 11 is 2.90. The lowest BCUT2D eigenvalue weighted by Crippen LogP contribution is -2.33. The molecular weight excluding hydrogens is 344 g/mol. The number of para-hydroxylation sites is 2. The number of aromatic nitrogens is 2. The van der Waals surface area contributed by atoms with E-state index in [4.69, 9.17) is 4.74 Å². The van der Waals surface area contributed by atoms with Crippen LogP contribution in [0.25, 0.3) is 0 Å². The average Bonchev–Trinajstić information content (AvgIpc) is 3.27. The van der Waals surface area contributed by atoms with E-state index >= 15 is 0 Å². The number of carbonyl (C=O) groups is 1. The lowest BCUT2D eigenvalue weighted by atomic mass is 10.3. The number of amides is 1. The zero-order valence-corrected chi connectivity index (χ0v) is 15.3. The van der Waals surface area contributed by atoms with Crippen LogP contribution in [0, 0.1) is 0 Å². The molecule has 1 aromatic carbocycles. The molecule has 2 aromatic rings. The van der Waals surface area contributed by atoms with Gasteiger partial charge in [0.05, 0.1) is 18.0 Å². The zero-order valence-electron chi connectivity index (χ0n) is 13.7. The highest BCUT2D eigenvalue weighted by molar-refractivity contribution is 8.02. The Balaban J connectivity index is 1.62. The van der Waals surface area contributed by atoms with Crippen molar-refractivity contribution in [1.29, 1.82) is 0 Å². The minimum Gasteiger partial charge on any atom is -0.495 e. The molecule has 1 amide bonds. The van der Waals surface area contributed by atoms with Gasteiger partial charge in [0.15, 0.2) is 4.34 Å². The van der Waals surface area contributed by atoms with Crippen molar-refractivity contribution in [2.24, 2.45) is 0 Å². The van der Waals surface area contributed by atoms with Crippen LogP contribution in [0.5, 0.6) is 5.75 Å². The molecule has 3 rings (SSSR count). The number of carbonyl (C=O) groups excluding carboxylic acids is 1. The maximum absolute atomic E-state index is 12.4. The number of rotatable bonds is 6. The van der Waals surface area contributed by atoms with Crippen molar-refractivity contribution in [2.75, 3.05) is 25.5 Å². The molecule has 0 bridgehead atoms. The van der Waals surface area contributed by atoms with Crippen molar-refractivity contribution >= 4 is 39.8 Å². The van der Waals surface area contributed by atoms with Gasteiger partial charge in [-0.25, -0.2) is 0 Å². The van der Waals surface area contributed by atoms with Crippen LogP contribution in [0.15, 0.2) is 28.6 Å². The number of ether oxygens (including phenoxy) is 1. The third-order valence-corrected chi connectivity index (χ3v) is 5.81. The molecule has 1 aromatic heterocycles. The highest BCUT2D eigenvalue weighted by Crippen LogP contribution is 2.33. The highest BCUT2D eigenvalue weighted by Gasteiger charge is 2.25. The molecule has 6 nitrogen and oxygen atoms in total. The van der Waals surface area contributed by atoms with E-state index in [-0.39, 0.29) is 11.2 Å². The minimum absolute atomic E-state index is 0.143. The topological polar surface area (TPSA) is 67.3 Å². The second-order valence-corrected chi connectivity index (χ2v) is 8.06. The van der Waals surface area contributed by atoms with Gasteiger partial charge in [-0.2, -0.15) is 0 Å². The Morgan fingerprint density at radius 3 is 2.83 bits per heavy atom. The summed E-state index contributed by atoms with van der Waals surface area (Å²) in [5, 5.41) is 12.1. The number of nitrogens with one attached hydrogen (secondary N) is 1. The maximum atomic E-state index is 12.4. The van der Waals surface area contributed by atoms with Gasteiger partial charge in [-0.05, 0) is 31.9 Å². The van der Waals surface area contributed by atoms with E-state index in [0.717, 1.165) is 41.7 Å². The predicted octanol–water partition coefficient (Wildman–Crippen LogP) is 3.39. The number of hydrogen-bond donors (Lipinski definition) is 1. The van der Waals surface area contributed by atoms with Gasteiger partial charge in [-0.3, -0.25) is 4.79 Å². The summed E-state index contributed by atoms with van der Waals surface area (Å²) in [6.45, 7) is 3.68. The highest BCUT2D eigenvalue weighted by atomic mass is 32.2. The predicted molar refractivity (Wildman–Crippen MR) is 97.3 cm³/mol. The van der Waals surface area contributed by atoms with Gasteiger partial charge >= 0.3 is 0 Å². The molecule has 1 aliphatic heterocycles. The van der Waals surface area contributed by atoms with E-state index < -0.39 is 0 Å². The van der Waals surface area contributed by atoms with Gasteiger partial charge in [0.25, 0.3) is 0 Å². The molecule has 1 saturated heterocycles. The van der Waals surface area contributed by atoms with Crippen LogP contribution < -0.4 is 10.1 Å². The molecule has 0 aliphatic carbocycles. The number of hydrogen-bond acceptors (Lipinski definition) is 7. The van der Waals surface area contributed by atoms with Crippen LogP contribution in [-0.4, -0.2) is 46.5 Å². The molecule has 8 heteroatoms. The van der Waals surface area contributed by atoms with Crippen LogP contribution in [0.1, 0.15) is 19.8 Å². The summed E-state index contributed by atoms with van der Waals surface area (Å²) in [6, 6.07) is 7.65. The molecule has 0 unspecified atom stereocenters. The van der Waals surface area contributed by atoms with Crippen molar-refractivity contribution in [3.8, 4) is 5.75 Å². The van der Waals surface area contributed by atoms with Crippen LogP contribution >= 0.6 is 23.1 Å². The van der Waals surface area contributed by atoms with Crippen LogP contribution in [-0.2, 0) is 4.79 Å². The Bertz CT molecular complexity index is 701. The standard InChI is InChI=1S/C16H20N4O2S2/c1-11(14(21)20-9-5-6-10-20)23-16-19-18-15(24-16)17-12-7-3-4-8-13(12)22-2/h3-4,7-8,11H,5-6,9-10H2,1-2H3,(H,17,18)/t11-/m0/s1. The normalized spacial score (nSPS) is 15.3. The fourth-order valence-electron chi connectivity index (χ4n) is 2.57. The molecule has 0 saturated carbocycles. The van der Waals surface area contributed by atoms with Crippen molar-refractivity contribution < 1.29 is 9.53 Å². The Labute approximate surface area is 149 Å². The van der Waals surface area contributed by atoms with Crippen molar-refractivity contribution in [1.82, 2.24) is 15.1 Å². The third kappa shape index (κ3) is 3.99. The Kier molecular flexibility index (Phi) is 5.57. The summed E-state index contributed by atoms with van der Waals surface area (Å²) in [7, 11) is 1.63. The Morgan fingerprint density at radius 1 is 1.33 bits per heavy atom. The van der Waals surface area contributed by atoms with Gasteiger partial charge in [-0.15, -0.1) is 10.2 Å². The van der Waals surface area contributed by atoms with Crippen LogP contribution in [0.4, 0.5) is 10.8 Å². The lowest BCUT2D eigenvalue weighted by Gasteiger charge is -2.18. The molecule has 1 atom stereocenters. The molecule has 0 spiro atoms. The maximum Gasteiger partial charge on any atom is 0.235 e. The number of benzene rings is 1. The van der Waals surface area contributed by atoms with Gasteiger partial charge in [0, 0.05) is 13.1 Å². The second-order valence-electron chi connectivity index (χ2n) is 5.49. The smallest absolute Gasteiger partial charge is 0.235 e. The fourth-order valence-corrected chi connectivity index (χ4v) is 4.56. The summed E-state index contributed by atoms with van der Waals surface area (Å²) in [5.41, 5.74) is 0.842. The van der Waals surface area contributed by atoms with E-state index in [2.05, 4.69) is 15.5 Å². The molecule has 24 heavy (non-hydrogen) atoms. The molecule has 1 N–H and O–H groups in total. The summed E-state index contributed by atoms with van der Waals surface area (Å²) in [4.78, 5) is 14.3. The van der Waals surface area contributed by atoms with E-state index in [0.29, 0.717) is 5.13 Å². The molecule has 2 heterocycles. The lowest BCUT2D eigenvalue weighted by molar-refractivity contribution is -0.129. The number of likely N-dealkylation sites (tertiary alicyclic amines) is 1. The molecule has 1 fully saturated rings. The van der Waals surface area contributed by atoms with Gasteiger partial charge in [0.2, 0.25) is 11.0 Å². The SMILES string of the molecule is COc1ccccc1Nc1nnc(S[C@@H](C)C(=O)N2CCCC2)s1. The first kappa shape index (κ1) is 17.0. The largest absolute Gasteiger partial charge is 0.495 e. The monoisotopic (exact) mass is 364 g/mol. The van der Waals surface area contributed by atoms with Crippen LogP contribution in [0.3, 0.4) is 0 Å². The summed E-state index contributed by atoms with van der Waals surface area (Å²) < 4.78 is 6.10. The summed E-state index contributed by atoms with van der Waals surface area (Å²) in [6.07, 6.45) is 2.21. The van der Waals surface area contributed by atoms with Crippen molar-refractivity contribution in [3.63, 3.8) is 0 Å². The van der Waals surface area contributed by atoms with E-state index in [1.807, 2.05) is 36.1 Å². The third-order valence-electron chi connectivity index (χ3n) is 3.80. The molecule has 0 radical (unpaired) electrons. The van der Waals surface area contributed by atoms with Crippen LogP contribution in [0.2, 0.25) is 0 Å². The number of anilines is 2. The van der Waals surface area contributed by atoms with Crippen molar-refractivity contribution in [3.05, 3.63) is 24.3 Å². The van der Waals surface area contributed by atoms with E-state index in [9.17, 15) is 4.79 Å². The second kappa shape index (κ2) is 7.85. The number of nitrogens with zero attached hydrogens (tertiary/aromatic N) is 3. The molecule has 1 aliphatic rings. The quantitative estimate of drug-likeness (QED) is 0.793. The van der Waals surface area contributed by atoms with Crippen molar-refractivity contribution in [2.45, 2.75) is 29.4 Å². The van der Waals surface area contributed by atoms with E-state index in [1.165, 1.54) is 23.1 Å². The minimum atomic E-state index is -0.143. The fraction of sp³-hybridized carbons (Fsp3) is 0.438. The molecule has 128 valence electrons. The average molecular weight is 364 g/mol. The van der Waals surface area contributed by atoms with Gasteiger partial charge < -0.3 is 15.0 Å². The Hall–Kier alpha value is -1.80. The first-order valence-electron chi connectivity index (χ1n) is 7.86. The zero-order chi connectivity index (χ0) is 16.9. The first-order chi connectivity index (χ1) is 11.7. The summed E-state index contributed by atoms with van der Waals surface area (Å²) in [5.74, 6) is 0.937. The van der Waals surface area contributed by atoms with E-state index in [1.54, 1.807) is 7.11 Å². The Morgan fingerprint density at radius 2 is 2.08 bits per heavy atom. The van der Waals surface area contributed by atoms with Gasteiger partial charge in [-0.1, -0.05) is 35.2 Å². The first-order valence-corrected chi connectivity index (χ1v) is 9.56. The number of methoxy groups -OCH3 is 1. The molecular formula is C16H20N4O2S2. The van der Waals surface area contributed by atoms with Gasteiger partial charge in [0.1, 0.15) is 5.75 Å². The number of thioether (sulfide) groups is 1.